The van der Waals surface area contributed by atoms with Gasteiger partial charge in [-0.15, -0.1) is 0 Å². The molecular formula is C51H28N6. The standard InChI is InChI=1S/C51H28N6/c1-52-34-22-27-47-41(30-34)42-31-35(53-2)23-28-48(42)56(47)49-26-21-33(29-43(49)54-3)32-19-24-36(25-20-32)55-44-15-7-6-13-39(44)40-14-10-18-50(51(40)55)57-45-16-8-4-11-37(45)38-12-5-9-17-46(38)57/h4-31H. The number of hydrogen-bond donors (Lipinski definition) is 0. The summed E-state index contributed by atoms with van der Waals surface area (Å²) in [5.41, 5.74) is 12.8. The summed E-state index contributed by atoms with van der Waals surface area (Å²) in [5.74, 6) is 0. The van der Waals surface area contributed by atoms with Crippen molar-refractivity contribution in [2.45, 2.75) is 0 Å². The second-order valence-corrected chi connectivity index (χ2v) is 14.2. The van der Waals surface area contributed by atoms with Crippen molar-refractivity contribution in [3.8, 4) is 28.2 Å². The van der Waals surface area contributed by atoms with E-state index in [0.29, 0.717) is 17.1 Å². The lowest BCUT2D eigenvalue weighted by molar-refractivity contribution is 1.13. The summed E-state index contributed by atoms with van der Waals surface area (Å²) in [4.78, 5) is 11.3. The van der Waals surface area contributed by atoms with Crippen molar-refractivity contribution in [2.75, 3.05) is 0 Å². The van der Waals surface area contributed by atoms with Gasteiger partial charge in [-0.1, -0.05) is 97.1 Å². The maximum absolute atomic E-state index is 8.28. The first kappa shape index (κ1) is 32.1. The molecule has 3 aromatic heterocycles. The number of nitrogens with zero attached hydrogens (tertiary/aromatic N) is 6. The normalized spacial score (nSPS) is 11.5. The van der Waals surface area contributed by atoms with Crippen LogP contribution in [0.2, 0.25) is 0 Å². The molecule has 11 rings (SSSR count). The summed E-state index contributed by atoms with van der Waals surface area (Å²) in [6.45, 7) is 23.5. The molecule has 0 amide bonds. The molecule has 57 heavy (non-hydrogen) atoms. The molecule has 0 fully saturated rings. The van der Waals surface area contributed by atoms with Crippen molar-refractivity contribution < 1.29 is 0 Å². The third kappa shape index (κ3) is 4.68. The third-order valence-electron chi connectivity index (χ3n) is 11.3. The van der Waals surface area contributed by atoms with E-state index >= 15 is 0 Å². The summed E-state index contributed by atoms with van der Waals surface area (Å²) in [5, 5.41) is 6.59. The lowest BCUT2D eigenvalue weighted by Crippen LogP contribution is -2.00. The molecular weight excluding hydrogens is 697 g/mol. The summed E-state index contributed by atoms with van der Waals surface area (Å²) in [7, 11) is 0. The number of benzene rings is 8. The van der Waals surface area contributed by atoms with E-state index in [1.165, 1.54) is 32.6 Å². The van der Waals surface area contributed by atoms with Gasteiger partial charge in [-0.2, -0.15) is 0 Å². The molecule has 11 aromatic rings. The van der Waals surface area contributed by atoms with Crippen LogP contribution in [0.1, 0.15) is 0 Å². The molecule has 0 N–H and O–H groups in total. The highest BCUT2D eigenvalue weighted by atomic mass is 15.1. The van der Waals surface area contributed by atoms with Crippen LogP contribution >= 0.6 is 0 Å². The Labute approximate surface area is 327 Å². The highest BCUT2D eigenvalue weighted by Crippen LogP contribution is 2.42. The second kappa shape index (κ2) is 12.3. The Bertz CT molecular complexity index is 3490. The van der Waals surface area contributed by atoms with Crippen LogP contribution in [0.25, 0.3) is 108 Å². The van der Waals surface area contributed by atoms with E-state index in [4.69, 9.17) is 19.7 Å². The average Bonchev–Trinajstić information content (AvgIpc) is 3.91. The lowest BCUT2D eigenvalue weighted by Gasteiger charge is -2.15. The highest BCUT2D eigenvalue weighted by Gasteiger charge is 2.21. The van der Waals surface area contributed by atoms with Gasteiger partial charge >= 0.3 is 0 Å². The highest BCUT2D eigenvalue weighted by molar-refractivity contribution is 6.15. The molecule has 0 radical (unpaired) electrons. The van der Waals surface area contributed by atoms with Crippen molar-refractivity contribution in [1.82, 2.24) is 13.7 Å². The van der Waals surface area contributed by atoms with E-state index in [2.05, 4.69) is 150 Å². The van der Waals surface area contributed by atoms with Crippen LogP contribution in [-0.2, 0) is 0 Å². The van der Waals surface area contributed by atoms with Crippen LogP contribution < -0.4 is 0 Å². The molecule has 0 bridgehead atoms. The van der Waals surface area contributed by atoms with Crippen molar-refractivity contribution >= 4 is 82.5 Å². The molecule has 0 aliphatic rings. The first-order valence-corrected chi connectivity index (χ1v) is 18.6. The first-order valence-electron chi connectivity index (χ1n) is 18.6. The van der Waals surface area contributed by atoms with Crippen molar-refractivity contribution in [3.05, 3.63) is 204 Å². The lowest BCUT2D eigenvalue weighted by atomic mass is 10.0. The zero-order valence-electron chi connectivity index (χ0n) is 30.3. The summed E-state index contributed by atoms with van der Waals surface area (Å²) < 4.78 is 6.85. The third-order valence-corrected chi connectivity index (χ3v) is 11.3. The SMILES string of the molecule is [C-]#[N+]c1ccc2c(c1)c1cc([N+]#[C-])ccc1n2-c1ccc(-c2ccc(-n3c4ccccc4c4cccc(-n5c6ccccc6c6ccccc65)c43)cc2)cc1[N+]#[C-]. The molecule has 0 aliphatic heterocycles. The Morgan fingerprint density at radius 3 is 1.40 bits per heavy atom. The van der Waals surface area contributed by atoms with Gasteiger partial charge in [-0.05, 0) is 94.7 Å². The van der Waals surface area contributed by atoms with Gasteiger partial charge in [0.15, 0.2) is 11.4 Å². The minimum atomic E-state index is 0.511. The number of rotatable bonds is 4. The van der Waals surface area contributed by atoms with E-state index in [1.807, 2.05) is 36.4 Å². The second-order valence-electron chi connectivity index (χ2n) is 14.2. The Balaban J connectivity index is 1.06. The van der Waals surface area contributed by atoms with Gasteiger partial charge in [0.1, 0.15) is 0 Å². The van der Waals surface area contributed by atoms with Gasteiger partial charge in [0.2, 0.25) is 5.69 Å². The smallest absolute Gasteiger partial charge is 0.211 e. The van der Waals surface area contributed by atoms with Crippen LogP contribution in [0.3, 0.4) is 0 Å². The van der Waals surface area contributed by atoms with E-state index in [-0.39, 0.29) is 0 Å². The number of aromatic nitrogens is 3. The Morgan fingerprint density at radius 2 is 0.825 bits per heavy atom. The molecule has 262 valence electrons. The van der Waals surface area contributed by atoms with Crippen molar-refractivity contribution in [3.63, 3.8) is 0 Å². The summed E-state index contributed by atoms with van der Waals surface area (Å²) in [6, 6.07) is 58.3. The Morgan fingerprint density at radius 1 is 0.333 bits per heavy atom. The molecule has 0 saturated carbocycles. The first-order chi connectivity index (χ1) is 28.1. The van der Waals surface area contributed by atoms with Crippen molar-refractivity contribution in [2.24, 2.45) is 0 Å². The molecule has 8 aromatic carbocycles. The van der Waals surface area contributed by atoms with Gasteiger partial charge in [0.05, 0.1) is 64.2 Å². The van der Waals surface area contributed by atoms with Crippen LogP contribution in [-0.4, -0.2) is 13.7 Å². The van der Waals surface area contributed by atoms with E-state index < -0.39 is 0 Å². The molecule has 0 spiro atoms. The molecule has 0 saturated heterocycles. The van der Waals surface area contributed by atoms with Gasteiger partial charge in [0.25, 0.3) is 0 Å². The van der Waals surface area contributed by atoms with Gasteiger partial charge in [-0.25, -0.2) is 14.5 Å². The van der Waals surface area contributed by atoms with E-state index in [9.17, 15) is 0 Å². The molecule has 6 heteroatoms. The quantitative estimate of drug-likeness (QED) is 0.162. The fraction of sp³-hybridized carbons (Fsp3) is 0. The number of hydrogen-bond acceptors (Lipinski definition) is 0. The Kier molecular flexibility index (Phi) is 6.95. The summed E-state index contributed by atoms with van der Waals surface area (Å²) in [6.07, 6.45) is 0. The summed E-state index contributed by atoms with van der Waals surface area (Å²) >= 11 is 0. The molecule has 0 atom stereocenters. The number of fused-ring (bicyclic) bond motifs is 9. The van der Waals surface area contributed by atoms with Crippen LogP contribution in [0, 0.1) is 19.7 Å². The zero-order valence-corrected chi connectivity index (χ0v) is 30.3. The van der Waals surface area contributed by atoms with Crippen LogP contribution in [0.5, 0.6) is 0 Å². The minimum absolute atomic E-state index is 0.511. The molecule has 0 aliphatic carbocycles. The monoisotopic (exact) mass is 724 g/mol. The van der Waals surface area contributed by atoms with Gasteiger partial charge in [-0.3, -0.25) is 0 Å². The molecule has 3 heterocycles. The predicted molar refractivity (Wildman–Crippen MR) is 234 cm³/mol. The van der Waals surface area contributed by atoms with Crippen LogP contribution in [0.4, 0.5) is 17.1 Å². The fourth-order valence-electron chi connectivity index (χ4n) is 8.81. The molecule has 0 unspecified atom stereocenters. The van der Waals surface area contributed by atoms with Gasteiger partial charge in [0, 0.05) is 27.2 Å². The van der Waals surface area contributed by atoms with Crippen molar-refractivity contribution in [1.29, 1.82) is 0 Å². The minimum Gasteiger partial charge on any atom is -0.319 e. The maximum atomic E-state index is 8.28. The molecule has 6 nitrogen and oxygen atoms in total. The van der Waals surface area contributed by atoms with Crippen LogP contribution in [0.15, 0.2) is 170 Å². The van der Waals surface area contributed by atoms with E-state index in [0.717, 1.165) is 61.0 Å². The largest absolute Gasteiger partial charge is 0.319 e. The topological polar surface area (TPSA) is 27.9 Å². The maximum Gasteiger partial charge on any atom is 0.211 e. The number of para-hydroxylation sites is 4. The average molecular weight is 725 g/mol. The van der Waals surface area contributed by atoms with E-state index in [1.54, 1.807) is 12.1 Å². The van der Waals surface area contributed by atoms with Gasteiger partial charge < -0.3 is 13.7 Å². The Hall–Kier alpha value is -8.37. The fourth-order valence-corrected chi connectivity index (χ4v) is 8.81. The zero-order chi connectivity index (χ0) is 38.2. The predicted octanol–water partition coefficient (Wildman–Crippen LogP) is 14.3.